The van der Waals surface area contributed by atoms with E-state index < -0.39 is 27.1 Å². The topological polar surface area (TPSA) is 121 Å². The first-order valence-electron chi connectivity index (χ1n) is 13.8. The summed E-state index contributed by atoms with van der Waals surface area (Å²) in [5.41, 5.74) is 6.00. The van der Waals surface area contributed by atoms with Crippen LogP contribution in [0.3, 0.4) is 0 Å². The first-order valence-corrected chi connectivity index (χ1v) is 16.7. The number of nitrogens with zero attached hydrogens (tertiary/aromatic N) is 2. The van der Waals surface area contributed by atoms with Crippen LogP contribution in [0.15, 0.2) is 119 Å². The molecule has 11 heteroatoms. The summed E-state index contributed by atoms with van der Waals surface area (Å²) in [5.74, 6) is 0.150. The van der Waals surface area contributed by atoms with Crippen LogP contribution in [0.2, 0.25) is 0 Å². The van der Waals surface area contributed by atoms with Crippen LogP contribution in [0.1, 0.15) is 19.2 Å². The number of benzene rings is 4. The third kappa shape index (κ3) is 6.36. The van der Waals surface area contributed by atoms with Crippen molar-refractivity contribution >= 4 is 44.1 Å². The van der Waals surface area contributed by atoms with E-state index in [-0.39, 0.29) is 11.8 Å². The van der Waals surface area contributed by atoms with Gasteiger partial charge in [-0.15, -0.1) is 4.57 Å². The molecule has 44 heavy (non-hydrogen) atoms. The molecule has 1 aromatic heterocycles. The van der Waals surface area contributed by atoms with Gasteiger partial charge in [-0.1, -0.05) is 79.7 Å². The summed E-state index contributed by atoms with van der Waals surface area (Å²) >= 11 is -2.16. The molecule has 1 unspecified atom stereocenters. The van der Waals surface area contributed by atoms with E-state index in [9.17, 15) is 21.7 Å². The van der Waals surface area contributed by atoms with Gasteiger partial charge in [-0.2, -0.15) is 8.42 Å². The van der Waals surface area contributed by atoms with E-state index in [4.69, 9.17) is 9.15 Å². The maximum absolute atomic E-state index is 12.1. The van der Waals surface area contributed by atoms with E-state index in [1.54, 1.807) is 23.1 Å². The lowest BCUT2D eigenvalue weighted by atomic mass is 10.0. The van der Waals surface area contributed by atoms with Gasteiger partial charge in [0.05, 0.1) is 11.8 Å². The van der Waals surface area contributed by atoms with E-state index in [0.717, 1.165) is 22.3 Å². The lowest BCUT2D eigenvalue weighted by Crippen LogP contribution is -2.39. The molecular weight excluding hydrogens is 601 g/mol. The fourth-order valence-corrected chi connectivity index (χ4v) is 6.22. The molecule has 0 saturated heterocycles. The van der Waals surface area contributed by atoms with Gasteiger partial charge in [0.2, 0.25) is 11.5 Å². The number of allylic oxidation sites excluding steroid dienone is 2. The number of anilines is 1. The Labute approximate surface area is 257 Å². The van der Waals surface area contributed by atoms with Crippen molar-refractivity contribution in [2.24, 2.45) is 0 Å². The summed E-state index contributed by atoms with van der Waals surface area (Å²) in [5, 5.41) is 0. The van der Waals surface area contributed by atoms with E-state index in [0.29, 0.717) is 40.4 Å². The summed E-state index contributed by atoms with van der Waals surface area (Å²) in [6.07, 6.45) is 3.90. The molecule has 0 radical (unpaired) electrons. The zero-order chi connectivity index (χ0) is 30.8. The Hall–Kier alpha value is -4.55. The molecule has 0 fully saturated rings. The molecule has 224 valence electrons. The average Bonchev–Trinajstić information content (AvgIpc) is 3.52. The second kappa shape index (κ2) is 12.2. The zero-order valence-electron chi connectivity index (χ0n) is 23.7. The Kier molecular flexibility index (Phi) is 8.19. The second-order valence-corrected chi connectivity index (χ2v) is 12.5. The molecule has 9 nitrogen and oxygen atoms in total. The summed E-state index contributed by atoms with van der Waals surface area (Å²) in [6, 6.07) is 30.6. The minimum Gasteiger partial charge on any atom is -0.439 e. The quantitative estimate of drug-likeness (QED) is 0.106. The summed E-state index contributed by atoms with van der Waals surface area (Å²) < 4.78 is 69.4. The van der Waals surface area contributed by atoms with E-state index in [1.165, 1.54) is 4.57 Å². The molecule has 0 spiro atoms. The minimum absolute atomic E-state index is 0.204. The molecule has 0 amide bonds. The lowest BCUT2D eigenvalue weighted by molar-refractivity contribution is -0.658. The molecule has 0 bridgehead atoms. The third-order valence-electron chi connectivity index (χ3n) is 7.23. The maximum atomic E-state index is 12.1. The lowest BCUT2D eigenvalue weighted by Gasteiger charge is -2.17. The molecule has 2 N–H and O–H groups in total. The van der Waals surface area contributed by atoms with Crippen LogP contribution in [0.4, 0.5) is 5.69 Å². The highest BCUT2D eigenvalue weighted by molar-refractivity contribution is 7.84. The molecule has 1 aliphatic rings. The number of aromatic nitrogens is 1. The molecule has 1 atom stereocenters. The highest BCUT2D eigenvalue weighted by Crippen LogP contribution is 2.42. The number of ether oxygens (including phenoxy) is 1. The normalized spacial score (nSPS) is 15.0. The Morgan fingerprint density at radius 2 is 1.55 bits per heavy atom. The number of oxazole rings is 1. The minimum atomic E-state index is -4.43. The number of hydrogen-bond donors (Lipinski definition) is 2. The summed E-state index contributed by atoms with van der Waals surface area (Å²) in [7, 11) is -4.43. The first-order chi connectivity index (χ1) is 21.2. The Morgan fingerprint density at radius 3 is 2.16 bits per heavy atom. The molecule has 5 aromatic rings. The van der Waals surface area contributed by atoms with Crippen LogP contribution in [-0.4, -0.2) is 27.6 Å². The van der Waals surface area contributed by atoms with Gasteiger partial charge >= 0.3 is 16.0 Å². The highest BCUT2D eigenvalue weighted by atomic mass is 32.2. The average molecular weight is 630 g/mol. The van der Waals surface area contributed by atoms with Crippen LogP contribution < -0.4 is 14.2 Å². The molecule has 2 heterocycles. The predicted molar refractivity (Wildman–Crippen MR) is 170 cm³/mol. The molecule has 0 aliphatic carbocycles. The van der Waals surface area contributed by atoms with Crippen LogP contribution in [0, 0.1) is 0 Å². The van der Waals surface area contributed by atoms with Gasteiger partial charge in [0, 0.05) is 12.1 Å². The van der Waals surface area contributed by atoms with E-state index in [2.05, 4.69) is 0 Å². The van der Waals surface area contributed by atoms with Gasteiger partial charge in [-0.05, 0) is 52.4 Å². The van der Waals surface area contributed by atoms with Gasteiger partial charge in [0.15, 0.2) is 16.8 Å². The number of fused-ring (bicyclic) bond motifs is 2. The van der Waals surface area contributed by atoms with Gasteiger partial charge in [-0.3, -0.25) is 9.45 Å². The SMILES string of the molecule is CCC(=C/c1oc2ccc(-c3ccccc3)cc2[n+]1CS(=O)(=O)O)/C=C1\Oc2ccc(-c3ccccc3)cc2N1CS(=O)O. The van der Waals surface area contributed by atoms with E-state index in [1.807, 2.05) is 97.9 Å². The van der Waals surface area contributed by atoms with Crippen molar-refractivity contribution < 1.29 is 35.5 Å². The predicted octanol–water partition coefficient (Wildman–Crippen LogP) is 6.61. The number of hydrogen-bond acceptors (Lipinski definition) is 6. The van der Waals surface area contributed by atoms with Gasteiger partial charge in [-0.25, -0.2) is 4.21 Å². The largest absolute Gasteiger partial charge is 0.439 e. The van der Waals surface area contributed by atoms with Crippen LogP contribution >= 0.6 is 0 Å². The first kappa shape index (κ1) is 29.5. The molecule has 0 saturated carbocycles. The fourth-order valence-electron chi connectivity index (χ4n) is 5.14. The smallest absolute Gasteiger partial charge is 0.375 e. The highest BCUT2D eigenvalue weighted by Gasteiger charge is 2.30. The van der Waals surface area contributed by atoms with Crippen LogP contribution in [0.5, 0.6) is 5.75 Å². The standard InChI is InChI=1S/C33H28N2O7S2/c1-2-23(17-32-34(21-43(36)37)28-19-26(13-15-30(28)41-32)24-9-5-3-6-10-24)18-33-35(22-44(38,39)40)29-20-27(14-16-31(29)42-33)25-11-7-4-8-12-25/h3-20H,2,21-22H2,1H3,(H-,36,37,38,39,40)/p+1. The fraction of sp³-hybridized carbons (Fsp3) is 0.121. The van der Waals surface area contributed by atoms with Crippen LogP contribution in [0.25, 0.3) is 39.4 Å². The van der Waals surface area contributed by atoms with Crippen molar-refractivity contribution in [1.29, 1.82) is 0 Å². The zero-order valence-corrected chi connectivity index (χ0v) is 25.3. The summed E-state index contributed by atoms with van der Waals surface area (Å²) in [6.45, 7) is 1.91. The van der Waals surface area contributed by atoms with Crippen molar-refractivity contribution in [3.05, 3.63) is 120 Å². The van der Waals surface area contributed by atoms with Crippen LogP contribution in [-0.2, 0) is 27.1 Å². The molecule has 6 rings (SSSR count). The second-order valence-electron chi connectivity index (χ2n) is 10.2. The summed E-state index contributed by atoms with van der Waals surface area (Å²) in [4.78, 5) is 1.64. The maximum Gasteiger partial charge on any atom is 0.375 e. The van der Waals surface area contributed by atoms with Gasteiger partial charge in [0.25, 0.3) is 11.4 Å². The third-order valence-corrected chi connectivity index (χ3v) is 8.30. The van der Waals surface area contributed by atoms with Crippen molar-refractivity contribution in [2.45, 2.75) is 19.2 Å². The van der Waals surface area contributed by atoms with Crippen molar-refractivity contribution in [2.75, 3.05) is 10.8 Å². The Balaban J connectivity index is 1.42. The molecular formula is C33H29N2O7S2+. The van der Waals surface area contributed by atoms with Crippen molar-refractivity contribution in [3.63, 3.8) is 0 Å². The molecule has 4 aromatic carbocycles. The Bertz CT molecular complexity index is 2040. The number of rotatable bonds is 9. The Morgan fingerprint density at radius 1 is 0.909 bits per heavy atom. The van der Waals surface area contributed by atoms with Gasteiger partial charge in [0.1, 0.15) is 5.88 Å². The van der Waals surface area contributed by atoms with Gasteiger partial charge < -0.3 is 13.7 Å². The van der Waals surface area contributed by atoms with Crippen molar-refractivity contribution in [1.82, 2.24) is 0 Å². The monoisotopic (exact) mass is 629 g/mol. The van der Waals surface area contributed by atoms with Crippen molar-refractivity contribution in [3.8, 4) is 28.0 Å². The molecule has 1 aliphatic heterocycles. The van der Waals surface area contributed by atoms with E-state index >= 15 is 0 Å².